The first-order chi connectivity index (χ1) is 20.5. The van der Waals surface area contributed by atoms with E-state index in [1.165, 1.54) is 17.8 Å². The van der Waals surface area contributed by atoms with Gasteiger partial charge in [-0.2, -0.15) is 4.68 Å². The van der Waals surface area contributed by atoms with Gasteiger partial charge in [-0.3, -0.25) is 0 Å². The molecule has 3 N–H and O–H groups in total. The number of aromatic nitrogens is 4. The van der Waals surface area contributed by atoms with Crippen molar-refractivity contribution in [1.82, 2.24) is 25.5 Å². The van der Waals surface area contributed by atoms with E-state index in [0.717, 1.165) is 27.9 Å². The van der Waals surface area contributed by atoms with Crippen LogP contribution < -0.4 is 5.32 Å². The lowest BCUT2D eigenvalue weighted by Gasteiger charge is -2.36. The van der Waals surface area contributed by atoms with Gasteiger partial charge in [-0.25, -0.2) is 4.79 Å². The second-order valence-corrected chi connectivity index (χ2v) is 10.5. The van der Waals surface area contributed by atoms with Gasteiger partial charge in [-0.15, -0.1) is 5.10 Å². The van der Waals surface area contributed by atoms with Crippen LogP contribution in [0.15, 0.2) is 90.6 Å². The molecule has 1 fully saturated rings. The third-order valence-corrected chi connectivity index (χ3v) is 7.62. The third-order valence-electron chi connectivity index (χ3n) is 6.57. The topological polar surface area (TPSA) is 141 Å². The molecular formula is C30H31N5O6S. The number of ether oxygens (including phenoxy) is 3. The van der Waals surface area contributed by atoms with Gasteiger partial charge in [0.25, 0.3) is 0 Å². The van der Waals surface area contributed by atoms with Crippen molar-refractivity contribution < 1.29 is 29.2 Å². The van der Waals surface area contributed by atoms with E-state index in [1.807, 2.05) is 48.5 Å². The molecule has 3 aromatic carbocycles. The first kappa shape index (κ1) is 29.3. The number of benzene rings is 3. The molecule has 12 heteroatoms. The molecule has 5 rings (SSSR count). The number of aliphatic hydroxyl groups is 1. The van der Waals surface area contributed by atoms with Gasteiger partial charge in [0.2, 0.25) is 5.16 Å². The minimum Gasteiger partial charge on any atom is -0.508 e. The average molecular weight is 590 g/mol. The number of phenolic OH excluding ortho intramolecular Hbond substituents is 1. The van der Waals surface area contributed by atoms with Crippen molar-refractivity contribution in [2.45, 2.75) is 43.2 Å². The van der Waals surface area contributed by atoms with Gasteiger partial charge in [0.05, 0.1) is 24.5 Å². The molecule has 0 saturated carbocycles. The molecule has 0 spiro atoms. The summed E-state index contributed by atoms with van der Waals surface area (Å²) in [7, 11) is 0. The minimum absolute atomic E-state index is 0.0280. The third kappa shape index (κ3) is 7.53. The Bertz CT molecular complexity index is 1460. The second kappa shape index (κ2) is 14.1. The fraction of sp³-hybridized carbons (Fsp3) is 0.267. The summed E-state index contributed by atoms with van der Waals surface area (Å²) in [5.41, 5.74) is 4.29. The van der Waals surface area contributed by atoms with Crippen molar-refractivity contribution in [3.63, 3.8) is 0 Å². The fourth-order valence-corrected chi connectivity index (χ4v) is 5.28. The molecule has 3 unspecified atom stereocenters. The predicted octanol–water partition coefficient (Wildman–Crippen LogP) is 4.61. The van der Waals surface area contributed by atoms with Crippen molar-refractivity contribution >= 4 is 17.9 Å². The maximum absolute atomic E-state index is 11.7. The maximum atomic E-state index is 11.7. The number of nitrogens with one attached hydrogen (secondary N) is 1. The Morgan fingerprint density at radius 3 is 2.48 bits per heavy atom. The molecule has 1 saturated heterocycles. The number of carbonyl (C=O) groups excluding carboxylic acids is 1. The van der Waals surface area contributed by atoms with Crippen molar-refractivity contribution in [1.29, 1.82) is 0 Å². The molecule has 11 nitrogen and oxygen atoms in total. The summed E-state index contributed by atoms with van der Waals surface area (Å²) in [6.07, 6.45) is 0.552. The van der Waals surface area contributed by atoms with Crippen molar-refractivity contribution in [3.05, 3.63) is 108 Å². The van der Waals surface area contributed by atoms with Crippen LogP contribution in [-0.2, 0) is 27.4 Å². The van der Waals surface area contributed by atoms with Gasteiger partial charge in [0.15, 0.2) is 6.29 Å². The van der Waals surface area contributed by atoms with Crippen LogP contribution in [0, 0.1) is 0 Å². The van der Waals surface area contributed by atoms with Gasteiger partial charge >= 0.3 is 6.09 Å². The minimum atomic E-state index is -0.625. The number of aliphatic hydroxyl groups excluding tert-OH is 1. The summed E-state index contributed by atoms with van der Waals surface area (Å²) in [5, 5.41) is 34.5. The molecular weight excluding hydrogens is 558 g/mol. The lowest BCUT2D eigenvalue weighted by Crippen LogP contribution is -2.31. The van der Waals surface area contributed by atoms with Gasteiger partial charge in [-0.05, 0) is 51.4 Å². The molecule has 1 aromatic heterocycles. The highest BCUT2D eigenvalue weighted by atomic mass is 32.2. The molecule has 0 aliphatic carbocycles. The van der Waals surface area contributed by atoms with Crippen molar-refractivity contribution in [2.75, 3.05) is 12.4 Å². The molecule has 2 heterocycles. The zero-order valence-corrected chi connectivity index (χ0v) is 23.5. The smallest absolute Gasteiger partial charge is 0.407 e. The highest BCUT2D eigenvalue weighted by Crippen LogP contribution is 2.39. The van der Waals surface area contributed by atoms with Crippen molar-refractivity contribution in [3.8, 4) is 11.4 Å². The quantitative estimate of drug-likeness (QED) is 0.168. The van der Waals surface area contributed by atoms with E-state index in [2.05, 4.69) is 27.4 Å². The van der Waals surface area contributed by atoms with Gasteiger partial charge < -0.3 is 29.7 Å². The predicted molar refractivity (Wildman–Crippen MR) is 155 cm³/mol. The standard InChI is InChI=1S/C30H31N5O6S/c1-2-15-39-30(38)31-17-20-3-9-23(10-4-20)28-40-26(16-27(41-28)22-7-5-21(18-36)6-8-22)19-42-29-32-33-34-35(29)24-11-13-25(37)14-12-24/h2-14,26-28,36-37H,1,15-19H2,(H,31,38). The Hall–Kier alpha value is -4.23. The molecule has 0 bridgehead atoms. The van der Waals surface area contributed by atoms with E-state index < -0.39 is 12.4 Å². The second-order valence-electron chi connectivity index (χ2n) is 9.53. The van der Waals surface area contributed by atoms with Crippen molar-refractivity contribution in [2.24, 2.45) is 0 Å². The molecule has 0 radical (unpaired) electrons. The average Bonchev–Trinajstić information content (AvgIpc) is 3.51. The van der Waals surface area contributed by atoms with Gasteiger partial charge in [0, 0.05) is 24.3 Å². The summed E-state index contributed by atoms with van der Waals surface area (Å²) in [4.78, 5) is 11.7. The number of rotatable bonds is 11. The number of tetrazole rings is 1. The summed E-state index contributed by atoms with van der Waals surface area (Å²) in [6.45, 7) is 3.97. The summed E-state index contributed by atoms with van der Waals surface area (Å²) < 4.78 is 19.4. The van der Waals surface area contributed by atoms with E-state index in [0.29, 0.717) is 23.9 Å². The van der Waals surface area contributed by atoms with Crippen LogP contribution in [0.1, 0.15) is 41.1 Å². The molecule has 1 aliphatic heterocycles. The highest BCUT2D eigenvalue weighted by Gasteiger charge is 2.32. The molecule has 1 amide bonds. The SMILES string of the molecule is C=CCOC(=O)NCc1ccc(C2OC(CSc3nnnn3-c3ccc(O)cc3)CC(c3ccc(CO)cc3)O2)cc1. The van der Waals surface area contributed by atoms with E-state index in [1.54, 1.807) is 28.9 Å². The number of carbonyl (C=O) groups is 1. The van der Waals surface area contributed by atoms with E-state index in [-0.39, 0.29) is 31.2 Å². The van der Waals surface area contributed by atoms with E-state index in [9.17, 15) is 15.0 Å². The normalized spacial score (nSPS) is 18.4. The molecule has 218 valence electrons. The lowest BCUT2D eigenvalue weighted by atomic mass is 10.0. The van der Waals surface area contributed by atoms with E-state index >= 15 is 0 Å². The monoisotopic (exact) mass is 589 g/mol. The van der Waals surface area contributed by atoms with Crippen LogP contribution >= 0.6 is 11.8 Å². The maximum Gasteiger partial charge on any atom is 0.407 e. The number of nitrogens with zero attached hydrogens (tertiary/aromatic N) is 4. The van der Waals surface area contributed by atoms with Crippen LogP contribution in [0.3, 0.4) is 0 Å². The molecule has 1 aliphatic rings. The van der Waals surface area contributed by atoms with Gasteiger partial charge in [0.1, 0.15) is 12.4 Å². The summed E-state index contributed by atoms with van der Waals surface area (Å²) >= 11 is 1.47. The Morgan fingerprint density at radius 1 is 1.05 bits per heavy atom. The van der Waals surface area contributed by atoms with Crippen LogP contribution in [0.5, 0.6) is 5.75 Å². The Labute approximate surface area is 247 Å². The van der Waals surface area contributed by atoms with Crippen LogP contribution in [-0.4, -0.2) is 55.0 Å². The number of hydrogen-bond acceptors (Lipinski definition) is 10. The lowest BCUT2D eigenvalue weighted by molar-refractivity contribution is -0.245. The van der Waals surface area contributed by atoms with Gasteiger partial charge in [-0.1, -0.05) is 72.9 Å². The highest BCUT2D eigenvalue weighted by molar-refractivity contribution is 7.99. The van der Waals surface area contributed by atoms with Crippen LogP contribution in [0.2, 0.25) is 0 Å². The zero-order chi connectivity index (χ0) is 29.3. The molecule has 42 heavy (non-hydrogen) atoms. The largest absolute Gasteiger partial charge is 0.508 e. The summed E-state index contributed by atoms with van der Waals surface area (Å²) in [5.74, 6) is 0.731. The molecule has 3 atom stereocenters. The number of hydrogen-bond donors (Lipinski definition) is 3. The number of amides is 1. The number of aromatic hydroxyl groups is 1. The zero-order valence-electron chi connectivity index (χ0n) is 22.7. The molecule has 4 aromatic rings. The number of alkyl carbamates (subject to hydrolysis) is 1. The summed E-state index contributed by atoms with van der Waals surface area (Å²) in [6, 6.07) is 22.0. The first-order valence-electron chi connectivity index (χ1n) is 13.3. The Kier molecular flexibility index (Phi) is 9.82. The fourth-order valence-electron chi connectivity index (χ4n) is 4.37. The Balaban J connectivity index is 1.29. The number of phenols is 1. The van der Waals surface area contributed by atoms with E-state index in [4.69, 9.17) is 14.2 Å². The van der Waals surface area contributed by atoms with Crippen LogP contribution in [0.4, 0.5) is 4.79 Å². The first-order valence-corrected chi connectivity index (χ1v) is 14.3. The Morgan fingerprint density at radius 2 is 1.76 bits per heavy atom. The number of thioether (sulfide) groups is 1. The van der Waals surface area contributed by atoms with Crippen LogP contribution in [0.25, 0.3) is 5.69 Å².